The zero-order chi connectivity index (χ0) is 14.3. The van der Waals surface area contributed by atoms with Gasteiger partial charge in [0.15, 0.2) is 0 Å². The van der Waals surface area contributed by atoms with Crippen LogP contribution in [0.25, 0.3) is 0 Å². The maximum Gasteiger partial charge on any atom is 0.249 e. The van der Waals surface area contributed by atoms with Gasteiger partial charge >= 0.3 is 0 Å². The first-order valence-corrected chi connectivity index (χ1v) is 9.39. The van der Waals surface area contributed by atoms with Crippen molar-refractivity contribution in [1.82, 2.24) is 0 Å². The first-order valence-electron chi connectivity index (χ1n) is 7.07. The van der Waals surface area contributed by atoms with E-state index < -0.39 is 0 Å². The Morgan fingerprint density at radius 1 is 1.05 bits per heavy atom. The minimum absolute atomic E-state index is 0.252. The van der Waals surface area contributed by atoms with Crippen molar-refractivity contribution in [3.63, 3.8) is 0 Å². The topological polar surface area (TPSA) is 20.3 Å². The van der Waals surface area contributed by atoms with E-state index in [2.05, 4.69) is 24.3 Å². The summed E-state index contributed by atoms with van der Waals surface area (Å²) >= 11 is 0. The Balaban J connectivity index is 1.77. The third-order valence-electron chi connectivity index (χ3n) is 4.14. The number of anilines is 1. The first kappa shape index (κ1) is 13.3. The third kappa shape index (κ3) is 2.00. The maximum absolute atomic E-state index is 13.1. The summed E-state index contributed by atoms with van der Waals surface area (Å²) in [5.74, 6) is 1.30. The van der Waals surface area contributed by atoms with Gasteiger partial charge in [0.05, 0.1) is 6.54 Å². The van der Waals surface area contributed by atoms with Crippen LogP contribution in [0.1, 0.15) is 17.5 Å². The molecule has 1 fully saturated rings. The van der Waals surface area contributed by atoms with Gasteiger partial charge < -0.3 is 4.90 Å². The monoisotopic (exact) mass is 313 g/mol. The molecule has 2 heterocycles. The van der Waals surface area contributed by atoms with Crippen LogP contribution in [0.5, 0.6) is 0 Å². The standard InChI is InChI=1S/C17H15NOS2/c19-16-17(10-11-20-21-17)14-8-4-5-9-15(14)18(16)12-13-6-2-1-3-7-13/h1-9H,10-12H2. The fraction of sp³-hybridized carbons (Fsp3) is 0.235. The molecule has 21 heavy (non-hydrogen) atoms. The number of carbonyl (C=O) groups is 1. The summed E-state index contributed by atoms with van der Waals surface area (Å²) in [5.41, 5.74) is 3.45. The van der Waals surface area contributed by atoms with Crippen LogP contribution in [-0.4, -0.2) is 11.7 Å². The van der Waals surface area contributed by atoms with Gasteiger partial charge in [-0.15, -0.1) is 0 Å². The molecule has 0 aliphatic carbocycles. The molecule has 1 unspecified atom stereocenters. The molecule has 4 rings (SSSR count). The van der Waals surface area contributed by atoms with Gasteiger partial charge in [0.1, 0.15) is 4.75 Å². The normalized spacial score (nSPS) is 23.8. The summed E-state index contributed by atoms with van der Waals surface area (Å²) in [6, 6.07) is 18.5. The van der Waals surface area contributed by atoms with Crippen LogP contribution >= 0.6 is 21.6 Å². The van der Waals surface area contributed by atoms with Crippen LogP contribution in [0.3, 0.4) is 0 Å². The molecule has 2 aromatic carbocycles. The van der Waals surface area contributed by atoms with Gasteiger partial charge in [0.25, 0.3) is 0 Å². The predicted molar refractivity (Wildman–Crippen MR) is 90.4 cm³/mol. The zero-order valence-electron chi connectivity index (χ0n) is 11.5. The smallest absolute Gasteiger partial charge is 0.249 e. The molecular formula is C17H15NOS2. The average Bonchev–Trinajstić information content (AvgIpc) is 3.11. The lowest BCUT2D eigenvalue weighted by atomic mass is 9.97. The van der Waals surface area contributed by atoms with Crippen molar-refractivity contribution in [2.45, 2.75) is 17.7 Å². The molecule has 0 N–H and O–H groups in total. The third-order valence-corrected chi connectivity index (χ3v) is 7.22. The van der Waals surface area contributed by atoms with Crippen molar-refractivity contribution in [1.29, 1.82) is 0 Å². The summed E-state index contributed by atoms with van der Waals surface area (Å²) in [5, 5.41) is 0. The molecule has 0 aromatic heterocycles. The molecule has 2 aliphatic heterocycles. The number of fused-ring (bicyclic) bond motifs is 2. The highest BCUT2D eigenvalue weighted by molar-refractivity contribution is 8.77. The summed E-state index contributed by atoms with van der Waals surface area (Å²) in [4.78, 5) is 15.0. The molecule has 0 radical (unpaired) electrons. The van der Waals surface area contributed by atoms with Gasteiger partial charge in [0.2, 0.25) is 5.91 Å². The van der Waals surface area contributed by atoms with E-state index in [1.165, 1.54) is 11.1 Å². The van der Waals surface area contributed by atoms with Crippen molar-refractivity contribution in [3.05, 3.63) is 65.7 Å². The van der Waals surface area contributed by atoms with E-state index in [1.54, 1.807) is 10.8 Å². The number of para-hydroxylation sites is 1. The van der Waals surface area contributed by atoms with E-state index in [4.69, 9.17) is 0 Å². The second kappa shape index (κ2) is 5.11. The van der Waals surface area contributed by atoms with Crippen molar-refractivity contribution < 1.29 is 4.79 Å². The molecule has 1 saturated heterocycles. The number of hydrogen-bond donors (Lipinski definition) is 0. The number of carbonyl (C=O) groups excluding carboxylic acids is 1. The lowest BCUT2D eigenvalue weighted by molar-refractivity contribution is -0.120. The van der Waals surface area contributed by atoms with Gasteiger partial charge in [-0.2, -0.15) is 0 Å². The Hall–Kier alpha value is -1.39. The second-order valence-corrected chi connectivity index (χ2v) is 8.09. The Morgan fingerprint density at radius 2 is 1.81 bits per heavy atom. The van der Waals surface area contributed by atoms with Crippen LogP contribution in [0.4, 0.5) is 5.69 Å². The highest BCUT2D eigenvalue weighted by atomic mass is 33.1. The van der Waals surface area contributed by atoms with Gasteiger partial charge in [-0.05, 0) is 18.1 Å². The molecule has 0 bridgehead atoms. The minimum atomic E-state index is -0.351. The number of hydrogen-bond acceptors (Lipinski definition) is 3. The Kier molecular flexibility index (Phi) is 3.23. The molecule has 1 spiro atoms. The van der Waals surface area contributed by atoms with E-state index in [1.807, 2.05) is 46.0 Å². The number of nitrogens with zero attached hydrogens (tertiary/aromatic N) is 1. The SMILES string of the molecule is O=C1N(Cc2ccccc2)c2ccccc2C12CCSS2. The average molecular weight is 313 g/mol. The molecule has 2 aromatic rings. The summed E-state index contributed by atoms with van der Waals surface area (Å²) < 4.78 is -0.351. The van der Waals surface area contributed by atoms with Gasteiger partial charge in [0, 0.05) is 17.0 Å². The van der Waals surface area contributed by atoms with Crippen LogP contribution in [0.15, 0.2) is 54.6 Å². The van der Waals surface area contributed by atoms with Gasteiger partial charge in [-0.1, -0.05) is 70.1 Å². The summed E-state index contributed by atoms with van der Waals surface area (Å²) in [7, 11) is 3.56. The number of rotatable bonds is 2. The molecule has 2 nitrogen and oxygen atoms in total. The molecule has 0 saturated carbocycles. The van der Waals surface area contributed by atoms with E-state index in [-0.39, 0.29) is 10.7 Å². The first-order chi connectivity index (χ1) is 10.3. The molecule has 1 atom stereocenters. The summed E-state index contributed by atoms with van der Waals surface area (Å²) in [6.45, 7) is 0.656. The maximum atomic E-state index is 13.1. The lowest BCUT2D eigenvalue weighted by Gasteiger charge is -2.22. The highest BCUT2D eigenvalue weighted by Gasteiger charge is 2.53. The lowest BCUT2D eigenvalue weighted by Crippen LogP contribution is -2.36. The van der Waals surface area contributed by atoms with Crippen LogP contribution < -0.4 is 4.90 Å². The number of amides is 1. The Morgan fingerprint density at radius 3 is 2.57 bits per heavy atom. The Bertz CT molecular complexity index is 680. The van der Waals surface area contributed by atoms with E-state index in [0.717, 1.165) is 17.9 Å². The van der Waals surface area contributed by atoms with Crippen molar-refractivity contribution in [2.24, 2.45) is 0 Å². The van der Waals surface area contributed by atoms with Crippen molar-refractivity contribution in [3.8, 4) is 0 Å². The van der Waals surface area contributed by atoms with Crippen molar-refractivity contribution >= 4 is 33.2 Å². The zero-order valence-corrected chi connectivity index (χ0v) is 13.1. The second-order valence-electron chi connectivity index (χ2n) is 5.38. The molecule has 106 valence electrons. The quantitative estimate of drug-likeness (QED) is 0.775. The van der Waals surface area contributed by atoms with E-state index in [9.17, 15) is 4.79 Å². The van der Waals surface area contributed by atoms with E-state index >= 15 is 0 Å². The van der Waals surface area contributed by atoms with Gasteiger partial charge in [-0.25, -0.2) is 0 Å². The fourth-order valence-electron chi connectivity index (χ4n) is 3.11. The van der Waals surface area contributed by atoms with Crippen LogP contribution in [-0.2, 0) is 16.1 Å². The van der Waals surface area contributed by atoms with E-state index in [0.29, 0.717) is 6.54 Å². The van der Waals surface area contributed by atoms with Crippen molar-refractivity contribution in [2.75, 3.05) is 10.7 Å². The largest absolute Gasteiger partial charge is 0.306 e. The van der Waals surface area contributed by atoms with Gasteiger partial charge in [-0.3, -0.25) is 4.79 Å². The molecule has 4 heteroatoms. The molecule has 2 aliphatic rings. The van der Waals surface area contributed by atoms with Crippen LogP contribution in [0, 0.1) is 0 Å². The Labute approximate surface area is 132 Å². The highest BCUT2D eigenvalue weighted by Crippen LogP contribution is 2.59. The minimum Gasteiger partial charge on any atom is -0.306 e. The van der Waals surface area contributed by atoms with Crippen LogP contribution in [0.2, 0.25) is 0 Å². The summed E-state index contributed by atoms with van der Waals surface area (Å²) in [6.07, 6.45) is 0.934. The predicted octanol–water partition coefficient (Wildman–Crippen LogP) is 4.21. The molecular weight excluding hydrogens is 298 g/mol. The molecule has 1 amide bonds. The fourth-order valence-corrected chi connectivity index (χ4v) is 6.38. The number of benzene rings is 2.